The van der Waals surface area contributed by atoms with Gasteiger partial charge in [-0.25, -0.2) is 9.78 Å². The fourth-order valence-electron chi connectivity index (χ4n) is 4.10. The Balaban J connectivity index is 2.06. The van der Waals surface area contributed by atoms with Crippen molar-refractivity contribution in [2.24, 2.45) is 0 Å². The van der Waals surface area contributed by atoms with Crippen LogP contribution in [0.3, 0.4) is 0 Å². The van der Waals surface area contributed by atoms with E-state index < -0.39 is 61.7 Å². The van der Waals surface area contributed by atoms with Gasteiger partial charge in [0, 0.05) is 42.7 Å². The molecule has 0 aliphatic heterocycles. The van der Waals surface area contributed by atoms with Gasteiger partial charge in [0.1, 0.15) is 11.8 Å². The number of hydrogen-bond donors (Lipinski definition) is 1. The first kappa shape index (κ1) is 31.6. The average Bonchev–Trinajstić information content (AvgIpc) is 3.35. The van der Waals surface area contributed by atoms with Crippen molar-refractivity contribution in [1.82, 2.24) is 24.6 Å². The lowest BCUT2D eigenvalue weighted by atomic mass is 10.0. The van der Waals surface area contributed by atoms with Crippen LogP contribution in [0.5, 0.6) is 11.5 Å². The first-order valence-corrected chi connectivity index (χ1v) is 11.8. The van der Waals surface area contributed by atoms with Crippen LogP contribution in [0.1, 0.15) is 31.5 Å². The molecule has 0 aromatic carbocycles. The Labute approximate surface area is 227 Å². The first-order chi connectivity index (χ1) is 19.0. The first-order valence-electron chi connectivity index (χ1n) is 11.8. The van der Waals surface area contributed by atoms with Gasteiger partial charge >= 0.3 is 24.6 Å². The van der Waals surface area contributed by atoms with Crippen LogP contribution in [0.25, 0.3) is 16.8 Å². The number of ether oxygens (including phenoxy) is 2. The molecular formula is C24H24F9N5O3. The molecule has 226 valence electrons. The number of halogens is 9. The summed E-state index contributed by atoms with van der Waals surface area (Å²) in [7, 11) is 2.59. The summed E-state index contributed by atoms with van der Waals surface area (Å²) in [5, 5.41) is 1.29. The van der Waals surface area contributed by atoms with Gasteiger partial charge in [0.05, 0.1) is 26.1 Å². The number of pyridine rings is 2. The van der Waals surface area contributed by atoms with E-state index in [1.165, 1.54) is 42.4 Å². The fraction of sp³-hybridized carbons (Fsp3) is 0.458. The molecule has 17 heteroatoms. The van der Waals surface area contributed by atoms with Crippen LogP contribution in [-0.2, 0) is 0 Å². The molecular weight excluding hydrogens is 577 g/mol. The minimum atomic E-state index is -5.36. The van der Waals surface area contributed by atoms with Crippen LogP contribution in [0.15, 0.2) is 36.9 Å². The molecule has 3 aromatic rings. The van der Waals surface area contributed by atoms with E-state index in [1.54, 1.807) is 6.20 Å². The van der Waals surface area contributed by atoms with Gasteiger partial charge in [0.25, 0.3) is 0 Å². The Morgan fingerprint density at radius 3 is 2.20 bits per heavy atom. The average molecular weight is 601 g/mol. The Morgan fingerprint density at radius 1 is 1.00 bits per heavy atom. The number of urea groups is 1. The van der Waals surface area contributed by atoms with Gasteiger partial charge in [-0.2, -0.15) is 39.5 Å². The molecule has 0 radical (unpaired) electrons. The van der Waals surface area contributed by atoms with Gasteiger partial charge in [0.2, 0.25) is 0 Å². The normalized spacial score (nSPS) is 14.0. The van der Waals surface area contributed by atoms with Crippen LogP contribution < -0.4 is 14.8 Å². The number of carbonyl (C=O) groups excluding carboxylic acids is 1. The lowest BCUT2D eigenvalue weighted by molar-refractivity contribution is -0.182. The number of hydrogen-bond acceptors (Lipinski definition) is 5. The third-order valence-electron chi connectivity index (χ3n) is 6.01. The zero-order chi connectivity index (χ0) is 30.8. The van der Waals surface area contributed by atoms with Crippen LogP contribution in [-0.4, -0.2) is 70.6 Å². The van der Waals surface area contributed by atoms with Crippen LogP contribution in [0.2, 0.25) is 0 Å². The summed E-state index contributed by atoms with van der Waals surface area (Å²) >= 11 is 0. The summed E-state index contributed by atoms with van der Waals surface area (Å²) in [5.41, 5.74) is -0.0360. The van der Waals surface area contributed by atoms with Crippen molar-refractivity contribution in [3.05, 3.63) is 42.6 Å². The maximum absolute atomic E-state index is 14.4. The smallest absolute Gasteiger partial charge is 0.414 e. The summed E-state index contributed by atoms with van der Waals surface area (Å²) in [5.74, 6) is 0.278. The summed E-state index contributed by atoms with van der Waals surface area (Å²) < 4.78 is 133. The summed E-state index contributed by atoms with van der Waals surface area (Å²) in [4.78, 5) is 20.6. The number of fused-ring (bicyclic) bond motifs is 1. The molecule has 41 heavy (non-hydrogen) atoms. The third-order valence-corrected chi connectivity index (χ3v) is 6.01. The minimum absolute atomic E-state index is 0.0184. The molecule has 3 rings (SSSR count). The van der Waals surface area contributed by atoms with Gasteiger partial charge in [-0.15, -0.1) is 0 Å². The highest BCUT2D eigenvalue weighted by molar-refractivity contribution is 5.76. The number of amides is 2. The largest absolute Gasteiger partial charge is 0.494 e. The molecule has 1 N–H and O–H groups in total. The molecule has 1 unspecified atom stereocenters. The second kappa shape index (κ2) is 11.9. The zero-order valence-electron chi connectivity index (χ0n) is 21.7. The van der Waals surface area contributed by atoms with Gasteiger partial charge in [-0.3, -0.25) is 4.98 Å². The zero-order valence-corrected chi connectivity index (χ0v) is 21.7. The molecule has 0 saturated carbocycles. The van der Waals surface area contributed by atoms with E-state index in [2.05, 4.69) is 9.97 Å². The Bertz CT molecular complexity index is 1360. The topological polar surface area (TPSA) is 81.0 Å². The molecule has 8 nitrogen and oxygen atoms in total. The molecule has 0 fully saturated rings. The quantitative estimate of drug-likeness (QED) is 0.291. The molecule has 0 bridgehead atoms. The van der Waals surface area contributed by atoms with Crippen LogP contribution >= 0.6 is 0 Å². The highest BCUT2D eigenvalue weighted by atomic mass is 19.4. The predicted octanol–water partition coefficient (Wildman–Crippen LogP) is 6.32. The van der Waals surface area contributed by atoms with Crippen molar-refractivity contribution in [1.29, 1.82) is 0 Å². The van der Waals surface area contributed by atoms with E-state index in [4.69, 9.17) is 9.47 Å². The summed E-state index contributed by atoms with van der Waals surface area (Å²) in [6.07, 6.45) is -13.7. The van der Waals surface area contributed by atoms with Gasteiger partial charge in [0.15, 0.2) is 17.4 Å². The van der Waals surface area contributed by atoms with Crippen molar-refractivity contribution >= 4 is 11.7 Å². The number of aromatic nitrogens is 3. The van der Waals surface area contributed by atoms with Gasteiger partial charge in [-0.05, 0) is 25.5 Å². The molecule has 2 amide bonds. The maximum atomic E-state index is 14.4. The molecule has 0 spiro atoms. The number of imidazole rings is 1. The maximum Gasteiger partial charge on any atom is 0.414 e. The summed E-state index contributed by atoms with van der Waals surface area (Å²) in [6.45, 7) is 0.302. The standard InChI is InChI=1S/C24H24F9N5O3/c1-4-38(21(39)36-18(23(28,29)30)5-6-22(25,26)27)19(24(31,32)33)15-10-14(17(41-3)11-35-15)13-9-16(40-2)20-34-7-8-37(20)12-13/h7-12,18-19H,4-6H2,1-3H3,(H,36,39)/t18?,19-/m0/s1. The van der Waals surface area contributed by atoms with E-state index in [1.807, 2.05) is 0 Å². The number of alkyl halides is 9. The van der Waals surface area contributed by atoms with Crippen molar-refractivity contribution in [3.63, 3.8) is 0 Å². The lowest BCUT2D eigenvalue weighted by Gasteiger charge is -2.34. The Hall–Kier alpha value is -3.92. The number of methoxy groups -OCH3 is 2. The number of rotatable bonds is 9. The SMILES string of the molecule is CCN(C(=O)NC(CCC(F)(F)F)C(F)(F)F)[C@@H](c1cc(-c2cc(OC)c3nccn3c2)c(OC)cn1)C(F)(F)F. The van der Waals surface area contributed by atoms with Crippen molar-refractivity contribution in [3.8, 4) is 22.6 Å². The molecule has 0 aliphatic rings. The van der Waals surface area contributed by atoms with Gasteiger partial charge < -0.3 is 24.1 Å². The highest BCUT2D eigenvalue weighted by Gasteiger charge is 2.49. The lowest BCUT2D eigenvalue weighted by Crippen LogP contribution is -2.53. The molecule has 3 aromatic heterocycles. The monoisotopic (exact) mass is 601 g/mol. The molecule has 0 saturated heterocycles. The number of nitrogens with one attached hydrogen (secondary N) is 1. The second-order valence-corrected chi connectivity index (χ2v) is 8.69. The fourth-order valence-corrected chi connectivity index (χ4v) is 4.10. The summed E-state index contributed by atoms with van der Waals surface area (Å²) in [6, 6.07) is -5.37. The highest BCUT2D eigenvalue weighted by Crippen LogP contribution is 2.41. The van der Waals surface area contributed by atoms with E-state index in [0.29, 0.717) is 5.65 Å². The minimum Gasteiger partial charge on any atom is -0.494 e. The third kappa shape index (κ3) is 7.43. The van der Waals surface area contributed by atoms with Crippen molar-refractivity contribution < 1.29 is 53.8 Å². The van der Waals surface area contributed by atoms with Crippen molar-refractivity contribution in [2.75, 3.05) is 20.8 Å². The molecule has 3 heterocycles. The number of nitrogens with zero attached hydrogens (tertiary/aromatic N) is 4. The van der Waals surface area contributed by atoms with E-state index in [-0.39, 0.29) is 27.5 Å². The van der Waals surface area contributed by atoms with Crippen LogP contribution in [0, 0.1) is 0 Å². The Kier molecular flexibility index (Phi) is 9.17. The van der Waals surface area contributed by atoms with E-state index >= 15 is 0 Å². The second-order valence-electron chi connectivity index (χ2n) is 8.69. The predicted molar refractivity (Wildman–Crippen MR) is 126 cm³/mol. The Morgan fingerprint density at radius 2 is 1.66 bits per heavy atom. The molecule has 2 atom stereocenters. The van der Waals surface area contributed by atoms with Crippen LogP contribution in [0.4, 0.5) is 44.3 Å². The molecule has 0 aliphatic carbocycles. The van der Waals surface area contributed by atoms with Crippen molar-refractivity contribution in [2.45, 2.75) is 50.4 Å². The van der Waals surface area contributed by atoms with Gasteiger partial charge in [-0.1, -0.05) is 0 Å². The number of carbonyl (C=O) groups is 1. The van der Waals surface area contributed by atoms with E-state index in [9.17, 15) is 44.3 Å². The van der Waals surface area contributed by atoms with E-state index in [0.717, 1.165) is 19.2 Å².